The molecule has 1 aliphatic rings. The summed E-state index contributed by atoms with van der Waals surface area (Å²) in [6.07, 6.45) is 0.557. The van der Waals surface area contributed by atoms with E-state index in [0.29, 0.717) is 19.5 Å². The van der Waals surface area contributed by atoms with E-state index in [-0.39, 0.29) is 0 Å². The van der Waals surface area contributed by atoms with Crippen molar-refractivity contribution in [2.24, 2.45) is 0 Å². The van der Waals surface area contributed by atoms with Crippen LogP contribution in [0.15, 0.2) is 35.4 Å². The fourth-order valence-electron chi connectivity index (χ4n) is 2.34. The number of carbonyl (C=O) groups is 1. The van der Waals surface area contributed by atoms with Gasteiger partial charge in [0.1, 0.15) is 6.04 Å². The van der Waals surface area contributed by atoms with Gasteiger partial charge >= 0.3 is 5.97 Å². The molecule has 1 aromatic rings. The average Bonchev–Trinajstić information content (AvgIpc) is 2.37. The SMILES string of the molecule is C/C(=C/Cl)CN1Cc2ccccc2CC1C(=O)O. The zero-order chi connectivity index (χ0) is 13.1. The molecule has 18 heavy (non-hydrogen) atoms. The molecular weight excluding hydrogens is 250 g/mol. The number of nitrogens with zero attached hydrogens (tertiary/aromatic N) is 1. The fourth-order valence-corrected chi connectivity index (χ4v) is 2.41. The van der Waals surface area contributed by atoms with Gasteiger partial charge in [-0.05, 0) is 30.0 Å². The van der Waals surface area contributed by atoms with E-state index in [2.05, 4.69) is 6.07 Å². The minimum atomic E-state index is -0.771. The van der Waals surface area contributed by atoms with Crippen molar-refractivity contribution < 1.29 is 9.90 Å². The van der Waals surface area contributed by atoms with E-state index >= 15 is 0 Å². The van der Waals surface area contributed by atoms with Gasteiger partial charge in [-0.3, -0.25) is 9.69 Å². The first kappa shape index (κ1) is 13.1. The van der Waals surface area contributed by atoms with Crippen LogP contribution in [0.3, 0.4) is 0 Å². The number of benzene rings is 1. The van der Waals surface area contributed by atoms with E-state index in [9.17, 15) is 9.90 Å². The zero-order valence-corrected chi connectivity index (χ0v) is 11.0. The molecule has 0 saturated carbocycles. The molecule has 1 atom stereocenters. The summed E-state index contributed by atoms with van der Waals surface area (Å²) in [5, 5.41) is 9.33. The number of hydrogen-bond acceptors (Lipinski definition) is 2. The van der Waals surface area contributed by atoms with Crippen molar-refractivity contribution in [1.29, 1.82) is 0 Å². The first-order valence-corrected chi connectivity index (χ1v) is 6.35. The molecule has 1 heterocycles. The third-order valence-electron chi connectivity index (χ3n) is 3.27. The van der Waals surface area contributed by atoms with Gasteiger partial charge in [0.25, 0.3) is 0 Å². The maximum atomic E-state index is 11.4. The molecular formula is C14H16ClNO2. The molecule has 1 N–H and O–H groups in total. The number of rotatable bonds is 3. The van der Waals surface area contributed by atoms with E-state index in [4.69, 9.17) is 11.6 Å². The third kappa shape index (κ3) is 2.74. The topological polar surface area (TPSA) is 40.5 Å². The number of aliphatic carboxylic acids is 1. The van der Waals surface area contributed by atoms with Crippen LogP contribution in [-0.2, 0) is 17.8 Å². The molecule has 0 saturated heterocycles. The Morgan fingerprint density at radius 2 is 2.17 bits per heavy atom. The van der Waals surface area contributed by atoms with Crippen molar-refractivity contribution in [2.75, 3.05) is 6.54 Å². The normalized spacial score (nSPS) is 20.6. The molecule has 0 radical (unpaired) electrons. The monoisotopic (exact) mass is 265 g/mol. The maximum absolute atomic E-state index is 11.4. The van der Waals surface area contributed by atoms with Crippen molar-refractivity contribution >= 4 is 17.6 Å². The smallest absolute Gasteiger partial charge is 0.321 e. The molecule has 1 aliphatic heterocycles. The van der Waals surface area contributed by atoms with Gasteiger partial charge in [0.15, 0.2) is 0 Å². The van der Waals surface area contributed by atoms with Gasteiger partial charge in [0, 0.05) is 18.6 Å². The van der Waals surface area contributed by atoms with Crippen LogP contribution in [0, 0.1) is 0 Å². The van der Waals surface area contributed by atoms with E-state index in [1.54, 1.807) is 0 Å². The van der Waals surface area contributed by atoms with Gasteiger partial charge in [-0.1, -0.05) is 35.9 Å². The van der Waals surface area contributed by atoms with Crippen LogP contribution >= 0.6 is 11.6 Å². The molecule has 2 rings (SSSR count). The number of fused-ring (bicyclic) bond motifs is 1. The molecule has 0 spiro atoms. The molecule has 3 nitrogen and oxygen atoms in total. The summed E-state index contributed by atoms with van der Waals surface area (Å²) >= 11 is 5.66. The summed E-state index contributed by atoms with van der Waals surface area (Å²) in [5.41, 5.74) is 4.83. The number of halogens is 1. The van der Waals surface area contributed by atoms with Crippen molar-refractivity contribution in [1.82, 2.24) is 4.90 Å². The Bertz CT molecular complexity index is 484. The number of hydrogen-bond donors (Lipinski definition) is 1. The summed E-state index contributed by atoms with van der Waals surface area (Å²) < 4.78 is 0. The number of carboxylic acids is 1. The molecule has 0 fully saturated rings. The molecule has 0 aliphatic carbocycles. The van der Waals surface area contributed by atoms with Gasteiger partial charge in [0.05, 0.1) is 0 Å². The molecule has 96 valence electrons. The lowest BCUT2D eigenvalue weighted by Crippen LogP contribution is -2.46. The Hall–Kier alpha value is -1.32. The van der Waals surface area contributed by atoms with E-state index in [1.807, 2.05) is 30.0 Å². The third-order valence-corrected chi connectivity index (χ3v) is 3.64. The molecule has 1 aromatic carbocycles. The first-order chi connectivity index (χ1) is 8.61. The molecule has 1 unspecified atom stereocenters. The van der Waals surface area contributed by atoms with Crippen molar-refractivity contribution in [3.05, 3.63) is 46.5 Å². The predicted octanol–water partition coefficient (Wildman–Crippen LogP) is 2.64. The minimum absolute atomic E-state index is 0.466. The van der Waals surface area contributed by atoms with Crippen LogP contribution in [0.25, 0.3) is 0 Å². The summed E-state index contributed by atoms with van der Waals surface area (Å²) in [5.74, 6) is -0.771. The molecule has 0 amide bonds. The number of carboxylic acid groups (broad SMARTS) is 1. The van der Waals surface area contributed by atoms with Crippen molar-refractivity contribution in [2.45, 2.75) is 25.9 Å². The largest absolute Gasteiger partial charge is 0.480 e. The molecule has 0 aromatic heterocycles. The van der Waals surface area contributed by atoms with Crippen molar-refractivity contribution in [3.8, 4) is 0 Å². The maximum Gasteiger partial charge on any atom is 0.321 e. The summed E-state index contributed by atoms with van der Waals surface area (Å²) in [6, 6.07) is 7.54. The van der Waals surface area contributed by atoms with Gasteiger partial charge < -0.3 is 5.11 Å². The van der Waals surface area contributed by atoms with Gasteiger partial charge in [-0.25, -0.2) is 0 Å². The second kappa shape index (κ2) is 5.55. The van der Waals surface area contributed by atoms with Crippen LogP contribution < -0.4 is 0 Å². The van der Waals surface area contributed by atoms with Gasteiger partial charge in [-0.15, -0.1) is 0 Å². The lowest BCUT2D eigenvalue weighted by Gasteiger charge is -2.34. The van der Waals surface area contributed by atoms with Crippen molar-refractivity contribution in [3.63, 3.8) is 0 Å². The standard InChI is InChI=1S/C14H16ClNO2/c1-10(7-15)8-16-9-12-5-3-2-4-11(12)6-13(16)14(17)18/h2-5,7,13H,6,8-9H2,1H3,(H,17,18)/b10-7-. The average molecular weight is 266 g/mol. The highest BCUT2D eigenvalue weighted by atomic mass is 35.5. The highest BCUT2D eigenvalue weighted by molar-refractivity contribution is 6.25. The summed E-state index contributed by atoms with van der Waals surface area (Å²) in [7, 11) is 0. The Morgan fingerprint density at radius 3 is 2.78 bits per heavy atom. The fraction of sp³-hybridized carbons (Fsp3) is 0.357. The minimum Gasteiger partial charge on any atom is -0.480 e. The highest BCUT2D eigenvalue weighted by Crippen LogP contribution is 2.24. The Balaban J connectivity index is 2.26. The van der Waals surface area contributed by atoms with Crippen LogP contribution in [0.5, 0.6) is 0 Å². The molecule has 4 heteroatoms. The lowest BCUT2D eigenvalue weighted by atomic mass is 9.93. The summed E-state index contributed by atoms with van der Waals surface area (Å²) in [4.78, 5) is 13.3. The zero-order valence-electron chi connectivity index (χ0n) is 10.3. The second-order valence-electron chi connectivity index (χ2n) is 4.69. The van der Waals surface area contributed by atoms with Gasteiger partial charge in [-0.2, -0.15) is 0 Å². The molecule has 0 bridgehead atoms. The van der Waals surface area contributed by atoms with Crippen LogP contribution in [0.2, 0.25) is 0 Å². The lowest BCUT2D eigenvalue weighted by molar-refractivity contribution is -0.143. The summed E-state index contributed by atoms with van der Waals surface area (Å²) in [6.45, 7) is 3.16. The van der Waals surface area contributed by atoms with Crippen LogP contribution in [0.4, 0.5) is 0 Å². The quantitative estimate of drug-likeness (QED) is 0.913. The van der Waals surface area contributed by atoms with Gasteiger partial charge in [0.2, 0.25) is 0 Å². The Kier molecular flexibility index (Phi) is 4.04. The van der Waals surface area contributed by atoms with E-state index < -0.39 is 12.0 Å². The Labute approximate surface area is 112 Å². The van der Waals surface area contributed by atoms with E-state index in [1.165, 1.54) is 11.1 Å². The Morgan fingerprint density at radius 1 is 1.50 bits per heavy atom. The van der Waals surface area contributed by atoms with Crippen LogP contribution in [0.1, 0.15) is 18.1 Å². The van der Waals surface area contributed by atoms with E-state index in [0.717, 1.165) is 11.1 Å². The van der Waals surface area contributed by atoms with Crippen LogP contribution in [-0.4, -0.2) is 28.6 Å². The first-order valence-electron chi connectivity index (χ1n) is 5.91. The predicted molar refractivity (Wildman–Crippen MR) is 71.6 cm³/mol. The second-order valence-corrected chi connectivity index (χ2v) is 4.91. The highest BCUT2D eigenvalue weighted by Gasteiger charge is 2.30.